The molecule has 0 atom stereocenters. The Kier molecular flexibility index (Phi) is 19.9. The van der Waals surface area contributed by atoms with Gasteiger partial charge in [0.2, 0.25) is 0 Å². The lowest BCUT2D eigenvalue weighted by Crippen LogP contribution is -2.39. The highest BCUT2D eigenvalue weighted by atomic mass is 16.9. The number of nitrogens with two attached hydrogens (primary N) is 1. The predicted molar refractivity (Wildman–Crippen MR) is 94.6 cm³/mol. The highest BCUT2D eigenvalue weighted by Gasteiger charge is 2.31. The fourth-order valence-corrected chi connectivity index (χ4v) is 2.30. The molecule has 0 aromatic rings. The van der Waals surface area contributed by atoms with Gasteiger partial charge in [-0.3, -0.25) is 0 Å². The van der Waals surface area contributed by atoms with Gasteiger partial charge in [-0.1, -0.05) is 52.0 Å². The molecule has 0 unspecified atom stereocenters. The molecule has 0 aromatic heterocycles. The van der Waals surface area contributed by atoms with E-state index < -0.39 is 5.97 Å². The van der Waals surface area contributed by atoms with Crippen molar-refractivity contribution in [3.05, 3.63) is 12.8 Å². The highest BCUT2D eigenvalue weighted by Crippen LogP contribution is 2.24. The molecule has 22 heavy (non-hydrogen) atoms. The molecule has 0 fully saturated rings. The zero-order valence-electron chi connectivity index (χ0n) is 15.4. The molecule has 0 aliphatic heterocycles. The molecule has 0 saturated carbocycles. The number of hydrogen-bond donors (Lipinski definition) is 1. The molecule has 0 radical (unpaired) electrons. The fourth-order valence-electron chi connectivity index (χ4n) is 2.30. The van der Waals surface area contributed by atoms with E-state index in [-0.39, 0.29) is 0 Å². The number of hydrogen-bond acceptors (Lipinski definition) is 4. The van der Waals surface area contributed by atoms with Crippen molar-refractivity contribution in [2.75, 3.05) is 19.8 Å². The summed E-state index contributed by atoms with van der Waals surface area (Å²) in [5.41, 5.74) is 4.61. The van der Waals surface area contributed by atoms with E-state index in [1.54, 1.807) is 0 Å². The molecule has 4 nitrogen and oxygen atoms in total. The van der Waals surface area contributed by atoms with Crippen LogP contribution in [0.2, 0.25) is 0 Å². The minimum atomic E-state index is -0.804. The SMILES string of the molecule is C=CN.CCCCCCCCCC(OCC)(OCC)OCC. The Morgan fingerprint density at radius 2 is 1.14 bits per heavy atom. The van der Waals surface area contributed by atoms with Crippen molar-refractivity contribution in [3.63, 3.8) is 0 Å². The third-order valence-corrected chi connectivity index (χ3v) is 3.18. The highest BCUT2D eigenvalue weighted by molar-refractivity contribution is 4.59. The van der Waals surface area contributed by atoms with Gasteiger partial charge in [-0.15, -0.1) is 0 Å². The van der Waals surface area contributed by atoms with Gasteiger partial charge < -0.3 is 19.9 Å². The van der Waals surface area contributed by atoms with Crippen LogP contribution in [0.15, 0.2) is 12.8 Å². The fraction of sp³-hybridized carbons (Fsp3) is 0.889. The van der Waals surface area contributed by atoms with Crippen molar-refractivity contribution in [2.24, 2.45) is 5.73 Å². The molecular formula is C18H39NO3. The second kappa shape index (κ2) is 18.5. The van der Waals surface area contributed by atoms with Crippen molar-refractivity contribution in [1.82, 2.24) is 0 Å². The van der Waals surface area contributed by atoms with Crippen LogP contribution in [-0.4, -0.2) is 25.8 Å². The molecule has 0 bridgehead atoms. The zero-order valence-corrected chi connectivity index (χ0v) is 15.4. The molecule has 0 amide bonds. The third-order valence-electron chi connectivity index (χ3n) is 3.18. The van der Waals surface area contributed by atoms with E-state index in [1.807, 2.05) is 20.8 Å². The average molecular weight is 318 g/mol. The van der Waals surface area contributed by atoms with Gasteiger partial charge in [0.05, 0.1) is 0 Å². The minimum Gasteiger partial charge on any atom is -0.405 e. The van der Waals surface area contributed by atoms with E-state index in [9.17, 15) is 0 Å². The van der Waals surface area contributed by atoms with Gasteiger partial charge in [0.15, 0.2) is 0 Å². The Morgan fingerprint density at radius 1 is 0.773 bits per heavy atom. The Balaban J connectivity index is 0. The van der Waals surface area contributed by atoms with Gasteiger partial charge >= 0.3 is 0 Å². The lowest BCUT2D eigenvalue weighted by molar-refractivity contribution is -0.380. The summed E-state index contributed by atoms with van der Waals surface area (Å²) in [4.78, 5) is 0. The summed E-state index contributed by atoms with van der Waals surface area (Å²) >= 11 is 0. The molecule has 0 aromatic carbocycles. The number of unbranched alkanes of at least 4 members (excludes halogenated alkanes) is 6. The van der Waals surface area contributed by atoms with Gasteiger partial charge in [-0.2, -0.15) is 0 Å². The molecule has 4 heteroatoms. The lowest BCUT2D eigenvalue weighted by Gasteiger charge is -2.32. The summed E-state index contributed by atoms with van der Waals surface area (Å²) in [6, 6.07) is 0. The van der Waals surface area contributed by atoms with Gasteiger partial charge in [0, 0.05) is 26.2 Å². The third kappa shape index (κ3) is 14.4. The van der Waals surface area contributed by atoms with Crippen LogP contribution in [0.3, 0.4) is 0 Å². The summed E-state index contributed by atoms with van der Waals surface area (Å²) in [5.74, 6) is -0.804. The van der Waals surface area contributed by atoms with Crippen molar-refractivity contribution < 1.29 is 14.2 Å². The number of rotatable bonds is 14. The predicted octanol–water partition coefficient (Wildman–Crippen LogP) is 4.98. The van der Waals surface area contributed by atoms with Crippen LogP contribution in [0, 0.1) is 0 Å². The summed E-state index contributed by atoms with van der Waals surface area (Å²) < 4.78 is 17.1. The van der Waals surface area contributed by atoms with Crippen LogP contribution in [0.25, 0.3) is 0 Å². The van der Waals surface area contributed by atoms with Crippen LogP contribution in [0.1, 0.15) is 79.1 Å². The van der Waals surface area contributed by atoms with E-state index in [2.05, 4.69) is 19.2 Å². The summed E-state index contributed by atoms with van der Waals surface area (Å²) in [5, 5.41) is 0. The number of ether oxygens (including phenoxy) is 3. The van der Waals surface area contributed by atoms with Crippen LogP contribution in [0.4, 0.5) is 0 Å². The molecule has 0 spiro atoms. The maximum atomic E-state index is 5.71. The summed E-state index contributed by atoms with van der Waals surface area (Å²) in [6.07, 6.45) is 11.1. The normalized spacial score (nSPS) is 10.9. The first-order chi connectivity index (χ1) is 10.7. The Morgan fingerprint density at radius 3 is 1.50 bits per heavy atom. The second-order valence-corrected chi connectivity index (χ2v) is 5.09. The Hall–Kier alpha value is -0.580. The minimum absolute atomic E-state index is 0.622. The monoisotopic (exact) mass is 317 g/mol. The zero-order chi connectivity index (χ0) is 17.1. The van der Waals surface area contributed by atoms with Crippen molar-refractivity contribution >= 4 is 0 Å². The molecule has 0 rings (SSSR count). The lowest BCUT2D eigenvalue weighted by atomic mass is 10.1. The summed E-state index contributed by atoms with van der Waals surface area (Å²) in [7, 11) is 0. The largest absolute Gasteiger partial charge is 0.405 e. The average Bonchev–Trinajstić information content (AvgIpc) is 2.48. The first-order valence-electron chi connectivity index (χ1n) is 8.90. The first-order valence-corrected chi connectivity index (χ1v) is 8.90. The van der Waals surface area contributed by atoms with Crippen LogP contribution < -0.4 is 5.73 Å². The van der Waals surface area contributed by atoms with Gasteiger partial charge in [0.25, 0.3) is 5.97 Å². The van der Waals surface area contributed by atoms with E-state index in [0.717, 1.165) is 12.8 Å². The van der Waals surface area contributed by atoms with Crippen molar-refractivity contribution in [2.45, 2.75) is 85.0 Å². The smallest absolute Gasteiger partial charge is 0.282 e. The molecule has 0 aliphatic rings. The maximum absolute atomic E-state index is 5.71. The van der Waals surface area contributed by atoms with Crippen molar-refractivity contribution in [1.29, 1.82) is 0 Å². The molecular weight excluding hydrogens is 278 g/mol. The Labute approximate surface area is 138 Å². The van der Waals surface area contributed by atoms with Crippen LogP contribution >= 0.6 is 0 Å². The van der Waals surface area contributed by atoms with Crippen LogP contribution in [-0.2, 0) is 14.2 Å². The van der Waals surface area contributed by atoms with Gasteiger partial charge in [-0.25, -0.2) is 0 Å². The van der Waals surface area contributed by atoms with E-state index in [4.69, 9.17) is 14.2 Å². The second-order valence-electron chi connectivity index (χ2n) is 5.09. The quantitative estimate of drug-likeness (QED) is 0.362. The first kappa shape index (κ1) is 23.7. The Bertz CT molecular complexity index is 205. The molecule has 134 valence electrons. The summed E-state index contributed by atoms with van der Waals surface area (Å²) in [6.45, 7) is 13.2. The van der Waals surface area contributed by atoms with E-state index in [0.29, 0.717) is 19.8 Å². The molecule has 0 aliphatic carbocycles. The van der Waals surface area contributed by atoms with Crippen molar-refractivity contribution in [3.8, 4) is 0 Å². The van der Waals surface area contributed by atoms with E-state index in [1.165, 1.54) is 44.7 Å². The topological polar surface area (TPSA) is 53.7 Å². The van der Waals surface area contributed by atoms with Gasteiger partial charge in [0.1, 0.15) is 0 Å². The van der Waals surface area contributed by atoms with E-state index >= 15 is 0 Å². The maximum Gasteiger partial charge on any atom is 0.282 e. The molecule has 2 N–H and O–H groups in total. The van der Waals surface area contributed by atoms with Crippen LogP contribution in [0.5, 0.6) is 0 Å². The molecule has 0 saturated heterocycles. The molecule has 0 heterocycles. The van der Waals surface area contributed by atoms with Gasteiger partial charge in [-0.05, 0) is 33.4 Å². The standard InChI is InChI=1S/C16H34O3.C2H5N/c1-5-9-10-11-12-13-14-15-16(17-6-2,18-7-3)19-8-4;1-2-3/h5-15H2,1-4H3;2H,1,3H2.